The molecule has 1 unspecified atom stereocenters. The summed E-state index contributed by atoms with van der Waals surface area (Å²) in [5.41, 5.74) is 0.810. The first-order valence-electron chi connectivity index (χ1n) is 19.2. The van der Waals surface area contributed by atoms with Gasteiger partial charge in [-0.15, -0.1) is 0 Å². The van der Waals surface area contributed by atoms with Crippen molar-refractivity contribution in [2.24, 2.45) is 5.92 Å². The fourth-order valence-electron chi connectivity index (χ4n) is 8.51. The molecule has 7 rings (SSSR count). The first kappa shape index (κ1) is 39.7. The molecule has 56 heavy (non-hydrogen) atoms. The van der Waals surface area contributed by atoms with Crippen LogP contribution < -0.4 is 10.1 Å². The number of para-hydroxylation sites is 1. The van der Waals surface area contributed by atoms with E-state index in [1.807, 2.05) is 93.3 Å². The van der Waals surface area contributed by atoms with Gasteiger partial charge in [0.25, 0.3) is 0 Å². The number of β-amino-alcohol motifs (C(OH)–C–C–N with tert-alkyl or cyclic N) is 1. The number of hydrogen-bond donors (Lipinski definition) is 2. The van der Waals surface area contributed by atoms with Crippen LogP contribution in [0.4, 0.5) is 13.2 Å². The van der Waals surface area contributed by atoms with Crippen LogP contribution in [0.3, 0.4) is 0 Å². The average Bonchev–Trinajstić information content (AvgIpc) is 3.72. The van der Waals surface area contributed by atoms with Crippen LogP contribution in [0.1, 0.15) is 63.5 Å². The van der Waals surface area contributed by atoms with Crippen molar-refractivity contribution in [2.45, 2.75) is 88.7 Å². The van der Waals surface area contributed by atoms with Gasteiger partial charge in [-0.2, -0.15) is 13.2 Å². The van der Waals surface area contributed by atoms with Gasteiger partial charge in [0.2, 0.25) is 11.8 Å². The summed E-state index contributed by atoms with van der Waals surface area (Å²) >= 11 is 0. The van der Waals surface area contributed by atoms with E-state index >= 15 is 0 Å². The third-order valence-corrected chi connectivity index (χ3v) is 11.4. The van der Waals surface area contributed by atoms with Gasteiger partial charge in [0, 0.05) is 62.0 Å². The highest BCUT2D eigenvalue weighted by molar-refractivity contribution is 5.82. The number of furan rings is 1. The molecule has 300 valence electrons. The highest BCUT2D eigenvalue weighted by Crippen LogP contribution is 2.48. The highest BCUT2D eigenvalue weighted by Gasteiger charge is 2.54. The lowest BCUT2D eigenvalue weighted by Gasteiger charge is -2.47. The van der Waals surface area contributed by atoms with Crippen LogP contribution in [0.15, 0.2) is 83.5 Å². The molecule has 11 nitrogen and oxygen atoms in total. The number of halogens is 3. The second-order valence-corrected chi connectivity index (χ2v) is 16.1. The van der Waals surface area contributed by atoms with Crippen LogP contribution >= 0.6 is 0 Å². The molecule has 4 aromatic rings. The maximum atomic E-state index is 14.9. The molecule has 3 aliphatic rings. The zero-order valence-corrected chi connectivity index (χ0v) is 32.2. The number of fused-ring (bicyclic) bond motifs is 4. The Morgan fingerprint density at radius 2 is 1.80 bits per heavy atom. The van der Waals surface area contributed by atoms with Crippen molar-refractivity contribution in [3.05, 3.63) is 96.0 Å². The van der Waals surface area contributed by atoms with E-state index in [0.29, 0.717) is 43.2 Å². The van der Waals surface area contributed by atoms with E-state index in [0.717, 1.165) is 16.5 Å². The van der Waals surface area contributed by atoms with Crippen LogP contribution in [-0.2, 0) is 26.3 Å². The number of pyridine rings is 1. The Labute approximate surface area is 324 Å². The third kappa shape index (κ3) is 8.43. The number of nitrogens with one attached hydrogen (secondary N) is 1. The van der Waals surface area contributed by atoms with Crippen molar-refractivity contribution in [2.75, 3.05) is 39.3 Å². The number of aromatic nitrogens is 1. The number of nitrogens with zero attached hydrogens (tertiary/aromatic N) is 4. The van der Waals surface area contributed by atoms with Gasteiger partial charge in [-0.05, 0) is 64.3 Å². The van der Waals surface area contributed by atoms with E-state index in [-0.39, 0.29) is 37.6 Å². The van der Waals surface area contributed by atoms with Gasteiger partial charge in [0.1, 0.15) is 41.6 Å². The molecule has 0 spiro atoms. The summed E-state index contributed by atoms with van der Waals surface area (Å²) in [4.78, 5) is 38.5. The van der Waals surface area contributed by atoms with E-state index in [4.69, 9.17) is 13.9 Å². The minimum atomic E-state index is -4.43. The van der Waals surface area contributed by atoms with Gasteiger partial charge in [0.05, 0.1) is 24.1 Å². The molecule has 2 amide bonds. The van der Waals surface area contributed by atoms with Crippen molar-refractivity contribution < 1.29 is 41.8 Å². The van der Waals surface area contributed by atoms with Crippen LogP contribution in [0, 0.1) is 5.92 Å². The minimum absolute atomic E-state index is 0.0309. The van der Waals surface area contributed by atoms with E-state index in [1.165, 1.54) is 0 Å². The number of carbonyl (C=O) groups is 2. The molecule has 2 aromatic carbocycles. The molecule has 5 atom stereocenters. The Bertz CT molecular complexity index is 1970. The lowest BCUT2D eigenvalue weighted by atomic mass is 9.89. The van der Waals surface area contributed by atoms with Gasteiger partial charge < -0.3 is 29.2 Å². The van der Waals surface area contributed by atoms with Gasteiger partial charge in [-0.1, -0.05) is 48.5 Å². The second-order valence-electron chi connectivity index (χ2n) is 16.1. The number of aliphatic hydroxyl groups is 1. The Morgan fingerprint density at radius 1 is 1.05 bits per heavy atom. The molecule has 0 bridgehead atoms. The lowest BCUT2D eigenvalue weighted by Crippen LogP contribution is -2.63. The average molecular weight is 778 g/mol. The van der Waals surface area contributed by atoms with Crippen molar-refractivity contribution in [3.63, 3.8) is 0 Å². The van der Waals surface area contributed by atoms with Crippen molar-refractivity contribution in [1.82, 2.24) is 25.0 Å². The summed E-state index contributed by atoms with van der Waals surface area (Å²) in [6.07, 6.45) is -3.22. The maximum absolute atomic E-state index is 14.9. The fraction of sp³-hybridized carbons (Fsp3) is 0.500. The predicted octanol–water partition coefficient (Wildman–Crippen LogP) is 5.82. The number of carbonyl (C=O) groups excluding carboxylic acids is 2. The number of hydrogen-bond acceptors (Lipinski definition) is 9. The Balaban J connectivity index is 1.12. The normalized spacial score (nSPS) is 22.6. The zero-order valence-electron chi connectivity index (χ0n) is 32.2. The summed E-state index contributed by atoms with van der Waals surface area (Å²) in [5, 5.41) is 15.2. The van der Waals surface area contributed by atoms with Crippen molar-refractivity contribution in [1.29, 1.82) is 0 Å². The Morgan fingerprint density at radius 3 is 2.55 bits per heavy atom. The summed E-state index contributed by atoms with van der Waals surface area (Å²) in [6.45, 7) is 8.45. The van der Waals surface area contributed by atoms with Gasteiger partial charge in [-0.25, -0.2) is 0 Å². The summed E-state index contributed by atoms with van der Waals surface area (Å²) < 4.78 is 57.9. The predicted molar refractivity (Wildman–Crippen MR) is 202 cm³/mol. The molecule has 0 saturated carbocycles. The van der Waals surface area contributed by atoms with Gasteiger partial charge in [-0.3, -0.25) is 24.4 Å². The van der Waals surface area contributed by atoms with Crippen LogP contribution in [0.25, 0.3) is 11.0 Å². The number of benzene rings is 2. The number of alkyl halides is 3. The standard InChI is InChI=1S/C42H50F3N5O6/c1-40(2,36-22-29-23-46-16-14-33(29)55-36)49-19-18-48(32(25-49)38(52)47-17-15-42(43,44)45)24-30(51)21-28(20-27-10-6-5-7-11-27)39(53)50-37-31-12-8-9-13-34(31)54-26-35(37)56-41(50,3)4/h5-14,16,22-23,28,30,32,35,37,51H,15,17-21,24-26H2,1-4H3,(H,47,52)/t28?,30-,32-,35+,37-/m0/s1. The van der Waals surface area contributed by atoms with E-state index in [9.17, 15) is 27.9 Å². The Kier molecular flexibility index (Phi) is 11.2. The van der Waals surface area contributed by atoms with Gasteiger partial charge >= 0.3 is 6.18 Å². The lowest BCUT2D eigenvalue weighted by molar-refractivity contribution is -0.153. The van der Waals surface area contributed by atoms with Crippen LogP contribution in [0.5, 0.6) is 5.75 Å². The van der Waals surface area contributed by atoms with Crippen LogP contribution in [-0.4, -0.2) is 106 Å². The minimum Gasteiger partial charge on any atom is -0.490 e. The molecule has 2 aromatic heterocycles. The molecule has 3 aliphatic heterocycles. The molecule has 2 saturated heterocycles. The summed E-state index contributed by atoms with van der Waals surface area (Å²) in [6, 6.07) is 19.7. The second kappa shape index (κ2) is 15.8. The quantitative estimate of drug-likeness (QED) is 0.183. The smallest absolute Gasteiger partial charge is 0.390 e. The van der Waals surface area contributed by atoms with E-state index in [2.05, 4.69) is 15.2 Å². The molecule has 0 aliphatic carbocycles. The molecular weight excluding hydrogens is 727 g/mol. The SMILES string of the molecule is CC1(C)O[C@@H]2COc3ccccc3[C@@H]2N1C(=O)C(Cc1ccccc1)C[C@H](O)CN1CCN(C(C)(C)c2cc3cnccc3o2)C[C@H]1C(=O)NCCC(F)(F)F. The van der Waals surface area contributed by atoms with Crippen molar-refractivity contribution >= 4 is 22.8 Å². The summed E-state index contributed by atoms with van der Waals surface area (Å²) in [5.74, 6) is -0.0303. The van der Waals surface area contributed by atoms with E-state index < -0.39 is 54.4 Å². The first-order chi connectivity index (χ1) is 26.6. The zero-order chi connectivity index (χ0) is 39.8. The molecule has 5 heterocycles. The molecular formula is C42H50F3N5O6. The van der Waals surface area contributed by atoms with Crippen molar-refractivity contribution in [3.8, 4) is 5.75 Å². The number of ether oxygens (including phenoxy) is 2. The third-order valence-electron chi connectivity index (χ3n) is 11.4. The molecule has 14 heteroatoms. The maximum Gasteiger partial charge on any atom is 0.390 e. The number of piperazine rings is 1. The van der Waals surface area contributed by atoms with E-state index in [1.54, 1.807) is 23.4 Å². The summed E-state index contributed by atoms with van der Waals surface area (Å²) in [7, 11) is 0. The highest BCUT2D eigenvalue weighted by atomic mass is 19.4. The van der Waals surface area contributed by atoms with Crippen LogP contribution in [0.2, 0.25) is 0 Å². The topological polar surface area (TPSA) is 121 Å². The molecule has 0 radical (unpaired) electrons. The number of amides is 2. The molecule has 2 fully saturated rings. The fourth-order valence-corrected chi connectivity index (χ4v) is 8.51. The largest absolute Gasteiger partial charge is 0.490 e. The first-order valence-corrected chi connectivity index (χ1v) is 19.2. The van der Waals surface area contributed by atoms with Gasteiger partial charge in [0.15, 0.2) is 0 Å². The number of aliphatic hydroxyl groups excluding tert-OH is 1. The monoisotopic (exact) mass is 777 g/mol. The molecule has 2 N–H and O–H groups in total. The number of rotatable bonds is 12. The Hall–Kier alpha value is -4.50.